The van der Waals surface area contributed by atoms with Crippen molar-refractivity contribution in [2.75, 3.05) is 6.54 Å². The second kappa shape index (κ2) is 5.32. The van der Waals surface area contributed by atoms with Crippen LogP contribution in [-0.4, -0.2) is 24.7 Å². The molecule has 1 aromatic heterocycles. The van der Waals surface area contributed by atoms with E-state index in [1.165, 1.54) is 16.9 Å². The van der Waals surface area contributed by atoms with Crippen molar-refractivity contribution in [3.8, 4) is 5.69 Å². The summed E-state index contributed by atoms with van der Waals surface area (Å²) in [6.45, 7) is 3.92. The molecule has 0 radical (unpaired) electrons. The van der Waals surface area contributed by atoms with E-state index in [4.69, 9.17) is 11.6 Å². The molecule has 0 bridgehead atoms. The Balaban J connectivity index is 2.60. The molecule has 0 atom stereocenters. The van der Waals surface area contributed by atoms with Gasteiger partial charge in [-0.15, -0.1) is 0 Å². The van der Waals surface area contributed by atoms with Gasteiger partial charge < -0.3 is 0 Å². The third kappa shape index (κ3) is 2.80. The van der Waals surface area contributed by atoms with Crippen molar-refractivity contribution in [1.82, 2.24) is 14.5 Å². The Kier molecular flexibility index (Phi) is 3.93. The summed E-state index contributed by atoms with van der Waals surface area (Å²) in [7, 11) is -3.57. The fraction of sp³-hybridized carbons (Fsp3) is 0.250. The molecule has 1 heterocycles. The van der Waals surface area contributed by atoms with Crippen LogP contribution in [0.15, 0.2) is 35.5 Å². The molecule has 1 N–H and O–H groups in total. The van der Waals surface area contributed by atoms with Gasteiger partial charge in [-0.05, 0) is 30.7 Å². The summed E-state index contributed by atoms with van der Waals surface area (Å²) < 4.78 is 28.0. The monoisotopic (exact) mass is 299 g/mol. The lowest BCUT2D eigenvalue weighted by atomic mass is 10.2. The molecule has 0 spiro atoms. The Morgan fingerprint density at radius 3 is 2.79 bits per heavy atom. The molecule has 0 aliphatic carbocycles. The van der Waals surface area contributed by atoms with E-state index >= 15 is 0 Å². The normalized spacial score (nSPS) is 11.7. The zero-order valence-electron chi connectivity index (χ0n) is 10.6. The third-order valence-electron chi connectivity index (χ3n) is 2.62. The summed E-state index contributed by atoms with van der Waals surface area (Å²) in [5, 5.41) is 4.70. The summed E-state index contributed by atoms with van der Waals surface area (Å²) in [6.07, 6.45) is 1.45. The minimum absolute atomic E-state index is 0.0970. The molecule has 2 aromatic rings. The van der Waals surface area contributed by atoms with Crippen LogP contribution in [0.1, 0.15) is 12.5 Å². The fourth-order valence-electron chi connectivity index (χ4n) is 1.75. The van der Waals surface area contributed by atoms with Crippen LogP contribution in [-0.2, 0) is 10.0 Å². The van der Waals surface area contributed by atoms with Crippen LogP contribution in [0.4, 0.5) is 0 Å². The molecular formula is C12H14ClN3O2S. The van der Waals surface area contributed by atoms with Crippen molar-refractivity contribution >= 4 is 21.6 Å². The number of nitrogens with one attached hydrogen (secondary N) is 1. The quantitative estimate of drug-likeness (QED) is 0.940. The van der Waals surface area contributed by atoms with Crippen molar-refractivity contribution in [3.05, 3.63) is 41.0 Å². The predicted molar refractivity (Wildman–Crippen MR) is 74.2 cm³/mol. The molecule has 0 saturated carbocycles. The number of nitrogens with zero attached hydrogens (tertiary/aromatic N) is 2. The number of rotatable bonds is 4. The van der Waals surface area contributed by atoms with E-state index in [1.807, 2.05) is 13.0 Å². The van der Waals surface area contributed by atoms with Gasteiger partial charge in [0, 0.05) is 11.6 Å². The van der Waals surface area contributed by atoms with Crippen LogP contribution in [0.25, 0.3) is 5.69 Å². The lowest BCUT2D eigenvalue weighted by Gasteiger charge is -2.11. The molecule has 1 aromatic carbocycles. The SMILES string of the molecule is CCNS(=O)(=O)c1ccnn1-c1cc(Cl)ccc1C. The Hall–Kier alpha value is -1.37. The number of aryl methyl sites for hydroxylation is 1. The highest BCUT2D eigenvalue weighted by molar-refractivity contribution is 7.89. The van der Waals surface area contributed by atoms with Gasteiger partial charge in [-0.3, -0.25) is 0 Å². The van der Waals surface area contributed by atoms with Crippen molar-refractivity contribution in [2.24, 2.45) is 0 Å². The minimum Gasteiger partial charge on any atom is -0.220 e. The first-order valence-electron chi connectivity index (χ1n) is 5.76. The number of halogens is 1. The Labute approximate surface area is 117 Å². The smallest absolute Gasteiger partial charge is 0.220 e. The van der Waals surface area contributed by atoms with Gasteiger partial charge in [-0.1, -0.05) is 24.6 Å². The Bertz CT molecular complexity index is 695. The topological polar surface area (TPSA) is 64.0 Å². The zero-order chi connectivity index (χ0) is 14.0. The van der Waals surface area contributed by atoms with E-state index in [1.54, 1.807) is 19.1 Å². The number of aromatic nitrogens is 2. The van der Waals surface area contributed by atoms with Crippen molar-refractivity contribution in [2.45, 2.75) is 18.9 Å². The molecule has 0 aliphatic heterocycles. The van der Waals surface area contributed by atoms with Gasteiger partial charge in [0.25, 0.3) is 10.0 Å². The molecule has 19 heavy (non-hydrogen) atoms. The molecule has 0 amide bonds. The summed E-state index contributed by atoms with van der Waals surface area (Å²) >= 11 is 5.96. The van der Waals surface area contributed by atoms with Gasteiger partial charge in [0.05, 0.1) is 11.9 Å². The van der Waals surface area contributed by atoms with Crippen LogP contribution < -0.4 is 4.72 Å². The van der Waals surface area contributed by atoms with Gasteiger partial charge in [-0.25, -0.2) is 17.8 Å². The molecule has 102 valence electrons. The number of benzene rings is 1. The maximum absolute atomic E-state index is 12.1. The molecule has 0 aliphatic rings. The Morgan fingerprint density at radius 1 is 1.37 bits per heavy atom. The summed E-state index contributed by atoms with van der Waals surface area (Å²) in [5.74, 6) is 0. The van der Waals surface area contributed by atoms with E-state index in [0.717, 1.165) is 5.56 Å². The molecule has 0 fully saturated rings. The van der Waals surface area contributed by atoms with E-state index in [-0.39, 0.29) is 5.03 Å². The van der Waals surface area contributed by atoms with E-state index < -0.39 is 10.0 Å². The van der Waals surface area contributed by atoms with Gasteiger partial charge in [-0.2, -0.15) is 5.10 Å². The van der Waals surface area contributed by atoms with E-state index in [2.05, 4.69) is 9.82 Å². The van der Waals surface area contributed by atoms with Crippen LogP contribution in [0.2, 0.25) is 5.02 Å². The minimum atomic E-state index is -3.57. The van der Waals surface area contributed by atoms with Gasteiger partial charge >= 0.3 is 0 Å². The van der Waals surface area contributed by atoms with Crippen LogP contribution in [0.3, 0.4) is 0 Å². The molecule has 2 rings (SSSR count). The Morgan fingerprint density at radius 2 is 2.11 bits per heavy atom. The molecule has 0 unspecified atom stereocenters. The lowest BCUT2D eigenvalue weighted by Crippen LogP contribution is -2.25. The second-order valence-corrected chi connectivity index (χ2v) is 6.16. The number of sulfonamides is 1. The van der Waals surface area contributed by atoms with Gasteiger partial charge in [0.2, 0.25) is 0 Å². The summed E-state index contributed by atoms with van der Waals surface area (Å²) in [6, 6.07) is 6.72. The molecular weight excluding hydrogens is 286 g/mol. The largest absolute Gasteiger partial charge is 0.258 e. The molecule has 7 heteroatoms. The number of hydrogen-bond donors (Lipinski definition) is 1. The average Bonchev–Trinajstić information content (AvgIpc) is 2.82. The molecule has 0 saturated heterocycles. The highest BCUT2D eigenvalue weighted by Gasteiger charge is 2.20. The standard InChI is InChI=1S/C12H14ClN3O2S/c1-3-15-19(17,18)12-6-7-14-16(12)11-8-10(13)5-4-9(11)2/h4-8,15H,3H2,1-2H3. The first-order chi connectivity index (χ1) is 8.95. The van der Waals surface area contributed by atoms with E-state index in [9.17, 15) is 8.42 Å². The lowest BCUT2D eigenvalue weighted by molar-refractivity contribution is 0.573. The highest BCUT2D eigenvalue weighted by atomic mass is 35.5. The zero-order valence-corrected chi connectivity index (χ0v) is 12.2. The van der Waals surface area contributed by atoms with Crippen LogP contribution >= 0.6 is 11.6 Å². The van der Waals surface area contributed by atoms with Crippen molar-refractivity contribution in [1.29, 1.82) is 0 Å². The van der Waals surface area contributed by atoms with Gasteiger partial charge in [0.1, 0.15) is 0 Å². The van der Waals surface area contributed by atoms with Gasteiger partial charge in [0.15, 0.2) is 5.03 Å². The fourth-order valence-corrected chi connectivity index (χ4v) is 3.06. The van der Waals surface area contributed by atoms with Crippen LogP contribution in [0.5, 0.6) is 0 Å². The van der Waals surface area contributed by atoms with Crippen molar-refractivity contribution in [3.63, 3.8) is 0 Å². The first kappa shape index (κ1) is 14.0. The second-order valence-electron chi connectivity index (χ2n) is 4.01. The maximum atomic E-state index is 12.1. The third-order valence-corrected chi connectivity index (χ3v) is 4.38. The van der Waals surface area contributed by atoms with E-state index in [0.29, 0.717) is 17.3 Å². The highest BCUT2D eigenvalue weighted by Crippen LogP contribution is 2.22. The van der Waals surface area contributed by atoms with Crippen molar-refractivity contribution < 1.29 is 8.42 Å². The predicted octanol–water partition coefficient (Wildman–Crippen LogP) is 2.13. The number of hydrogen-bond acceptors (Lipinski definition) is 3. The maximum Gasteiger partial charge on any atom is 0.258 e. The molecule has 5 nitrogen and oxygen atoms in total. The average molecular weight is 300 g/mol. The first-order valence-corrected chi connectivity index (χ1v) is 7.62. The van der Waals surface area contributed by atoms with Crippen LogP contribution in [0, 0.1) is 6.92 Å². The summed E-state index contributed by atoms with van der Waals surface area (Å²) in [4.78, 5) is 0. The summed E-state index contributed by atoms with van der Waals surface area (Å²) in [5.41, 5.74) is 1.54.